The van der Waals surface area contributed by atoms with Crippen molar-refractivity contribution in [2.45, 2.75) is 62.9 Å². The molecule has 1 N–H and O–H groups in total. The van der Waals surface area contributed by atoms with Crippen molar-refractivity contribution in [3.05, 3.63) is 65.7 Å². The summed E-state index contributed by atoms with van der Waals surface area (Å²) in [5, 5.41) is 2.54. The molecular formula is C29H35BrF2N2O3. The number of quaternary nitrogens is 1. The van der Waals surface area contributed by atoms with Crippen LogP contribution in [0.5, 0.6) is 0 Å². The second-order valence-corrected chi connectivity index (χ2v) is 10.9. The number of rotatable bonds is 6. The fourth-order valence-corrected chi connectivity index (χ4v) is 6.62. The predicted octanol–water partition coefficient (Wildman–Crippen LogP) is 2.35. The van der Waals surface area contributed by atoms with E-state index < -0.39 is 17.0 Å². The van der Waals surface area contributed by atoms with Gasteiger partial charge in [-0.15, -0.1) is 0 Å². The molecule has 1 aliphatic carbocycles. The van der Waals surface area contributed by atoms with E-state index in [0.717, 1.165) is 76.1 Å². The number of amides is 1. The number of halogens is 3. The van der Waals surface area contributed by atoms with Gasteiger partial charge in [-0.1, -0.05) is 62.1 Å². The van der Waals surface area contributed by atoms with Crippen LogP contribution in [-0.4, -0.2) is 48.6 Å². The van der Waals surface area contributed by atoms with Gasteiger partial charge in [-0.3, -0.25) is 9.59 Å². The fraction of sp³-hybridized carbons (Fsp3) is 0.517. The first-order chi connectivity index (χ1) is 17.4. The van der Waals surface area contributed by atoms with Crippen LogP contribution in [0.1, 0.15) is 56.9 Å². The molecule has 2 aromatic rings. The van der Waals surface area contributed by atoms with Crippen LogP contribution < -0.4 is 22.3 Å². The van der Waals surface area contributed by atoms with Crippen molar-refractivity contribution in [2.75, 3.05) is 31.5 Å². The van der Waals surface area contributed by atoms with Crippen LogP contribution in [0.3, 0.4) is 0 Å². The Morgan fingerprint density at radius 1 is 0.946 bits per heavy atom. The van der Waals surface area contributed by atoms with Crippen LogP contribution in [0.25, 0.3) is 0 Å². The summed E-state index contributed by atoms with van der Waals surface area (Å²) in [4.78, 5) is 26.7. The maximum atomic E-state index is 14.1. The number of carbonyl (C=O) groups excluding carboxylic acids is 2. The monoisotopic (exact) mass is 576 g/mol. The van der Waals surface area contributed by atoms with Gasteiger partial charge in [0.1, 0.15) is 6.54 Å². The average molecular weight is 578 g/mol. The van der Waals surface area contributed by atoms with Crippen molar-refractivity contribution in [2.24, 2.45) is 5.92 Å². The quantitative estimate of drug-likeness (QED) is 0.326. The first-order valence-electron chi connectivity index (χ1n) is 13.3. The van der Waals surface area contributed by atoms with Crippen molar-refractivity contribution in [3.63, 3.8) is 0 Å². The van der Waals surface area contributed by atoms with Gasteiger partial charge >= 0.3 is 5.97 Å². The summed E-state index contributed by atoms with van der Waals surface area (Å²) < 4.78 is 34.5. The van der Waals surface area contributed by atoms with E-state index in [1.54, 1.807) is 0 Å². The third kappa shape index (κ3) is 5.75. The zero-order valence-corrected chi connectivity index (χ0v) is 22.7. The highest BCUT2D eigenvalue weighted by molar-refractivity contribution is 5.91. The SMILES string of the molecule is O=C(C[N+]12CCC(CC1)[C@@H](OC(=O)C1(c3ccccc3)CCCCCC1)C2)Nc1cccc(F)c1F.[Br-]. The van der Waals surface area contributed by atoms with Crippen LogP contribution in [0.2, 0.25) is 0 Å². The molecule has 1 saturated carbocycles. The molecule has 5 nitrogen and oxygen atoms in total. The molecule has 1 atom stereocenters. The van der Waals surface area contributed by atoms with Crippen molar-refractivity contribution in [1.29, 1.82) is 0 Å². The van der Waals surface area contributed by atoms with E-state index >= 15 is 0 Å². The van der Waals surface area contributed by atoms with Crippen LogP contribution >= 0.6 is 0 Å². The Hall–Kier alpha value is -2.32. The summed E-state index contributed by atoms with van der Waals surface area (Å²) in [7, 11) is 0. The van der Waals surface area contributed by atoms with Gasteiger partial charge < -0.3 is 31.5 Å². The Balaban J connectivity index is 0.00000320. The maximum absolute atomic E-state index is 14.1. The molecule has 0 spiro atoms. The third-order valence-electron chi connectivity index (χ3n) is 8.68. The number of nitrogens with zero attached hydrogens (tertiary/aromatic N) is 1. The second-order valence-electron chi connectivity index (χ2n) is 10.9. The summed E-state index contributed by atoms with van der Waals surface area (Å²) in [5.41, 5.74) is 0.283. The number of esters is 1. The number of benzene rings is 2. The van der Waals surface area contributed by atoms with E-state index in [9.17, 15) is 18.4 Å². The van der Waals surface area contributed by atoms with Gasteiger partial charge in [-0.25, -0.2) is 8.78 Å². The standard InChI is InChI=1S/C29H34F2N2O3.BrH/c30-23-11-8-12-24(27(23)31)32-26(34)20-33-17-13-21(14-18-33)25(19-33)36-28(35)29(15-6-1-2-7-16-29)22-9-4-3-5-10-22;/h3-5,8-12,21,25H,1-2,6-7,13-20H2;1H/t21?,25-,33?;/m0./s1. The summed E-state index contributed by atoms with van der Waals surface area (Å²) >= 11 is 0. The van der Waals surface area contributed by atoms with Crippen molar-refractivity contribution < 1.29 is 44.6 Å². The highest BCUT2D eigenvalue weighted by Crippen LogP contribution is 2.42. The number of nitrogens with one attached hydrogen (secondary N) is 1. The third-order valence-corrected chi connectivity index (χ3v) is 8.68. The number of carbonyl (C=O) groups is 2. The largest absolute Gasteiger partial charge is 1.00 e. The van der Waals surface area contributed by atoms with Gasteiger partial charge in [0.2, 0.25) is 0 Å². The number of hydrogen-bond donors (Lipinski definition) is 1. The summed E-state index contributed by atoms with van der Waals surface area (Å²) in [6.07, 6.45) is 7.43. The minimum absolute atomic E-state index is 0. The van der Waals surface area contributed by atoms with Gasteiger partial charge in [-0.05, 0) is 30.5 Å². The zero-order valence-electron chi connectivity index (χ0n) is 21.1. The first-order valence-corrected chi connectivity index (χ1v) is 13.3. The normalized spacial score (nSPS) is 26.4. The molecule has 3 saturated heterocycles. The second kappa shape index (κ2) is 11.6. The van der Waals surface area contributed by atoms with E-state index in [2.05, 4.69) is 5.32 Å². The van der Waals surface area contributed by atoms with Gasteiger partial charge in [0.15, 0.2) is 24.3 Å². The Morgan fingerprint density at radius 3 is 2.30 bits per heavy atom. The summed E-state index contributed by atoms with van der Waals surface area (Å²) in [6, 6.07) is 13.8. The van der Waals surface area contributed by atoms with Crippen LogP contribution in [-0.2, 0) is 19.7 Å². The summed E-state index contributed by atoms with van der Waals surface area (Å²) in [5.74, 6) is -2.22. The molecule has 0 radical (unpaired) electrons. The molecule has 3 heterocycles. The lowest BCUT2D eigenvalue weighted by Gasteiger charge is -2.52. The molecule has 8 heteroatoms. The zero-order chi connectivity index (χ0) is 25.2. The molecule has 0 unspecified atom stereocenters. The van der Waals surface area contributed by atoms with E-state index in [4.69, 9.17) is 4.74 Å². The lowest BCUT2D eigenvalue weighted by Crippen LogP contribution is -3.00. The highest BCUT2D eigenvalue weighted by Gasteiger charge is 2.51. The maximum Gasteiger partial charge on any atom is 0.317 e. The Morgan fingerprint density at radius 2 is 1.62 bits per heavy atom. The van der Waals surface area contributed by atoms with Gasteiger partial charge in [-0.2, -0.15) is 0 Å². The molecule has 37 heavy (non-hydrogen) atoms. The Bertz CT molecular complexity index is 1100. The Kier molecular flexibility index (Phi) is 8.69. The molecular weight excluding hydrogens is 542 g/mol. The lowest BCUT2D eigenvalue weighted by atomic mass is 9.74. The number of piperidine rings is 3. The van der Waals surface area contributed by atoms with Gasteiger partial charge in [0, 0.05) is 18.8 Å². The minimum atomic E-state index is -1.05. The lowest BCUT2D eigenvalue weighted by molar-refractivity contribution is -0.939. The van der Waals surface area contributed by atoms with E-state index in [0.29, 0.717) is 16.9 Å². The first kappa shape index (κ1) is 27.7. The van der Waals surface area contributed by atoms with Crippen molar-refractivity contribution in [1.82, 2.24) is 0 Å². The van der Waals surface area contributed by atoms with Crippen LogP contribution in [0, 0.1) is 17.6 Å². The van der Waals surface area contributed by atoms with Crippen LogP contribution in [0.4, 0.5) is 14.5 Å². The molecule has 0 aromatic heterocycles. The molecule has 2 aromatic carbocycles. The average Bonchev–Trinajstić information content (AvgIpc) is 3.15. The molecule has 3 aliphatic heterocycles. The molecule has 2 bridgehead atoms. The van der Waals surface area contributed by atoms with Crippen molar-refractivity contribution >= 4 is 17.6 Å². The Labute approximate surface area is 227 Å². The molecule has 4 aliphatic rings. The molecule has 4 fully saturated rings. The number of anilines is 1. The fourth-order valence-electron chi connectivity index (χ4n) is 6.62. The number of ether oxygens (including phenoxy) is 1. The molecule has 1 amide bonds. The van der Waals surface area contributed by atoms with Gasteiger partial charge in [0.25, 0.3) is 5.91 Å². The van der Waals surface area contributed by atoms with Crippen LogP contribution in [0.15, 0.2) is 48.5 Å². The van der Waals surface area contributed by atoms with E-state index in [-0.39, 0.29) is 47.2 Å². The molecule has 200 valence electrons. The van der Waals surface area contributed by atoms with Crippen molar-refractivity contribution in [3.8, 4) is 0 Å². The predicted molar refractivity (Wildman–Crippen MR) is 133 cm³/mol. The summed E-state index contributed by atoms with van der Waals surface area (Å²) in [6.45, 7) is 2.38. The van der Waals surface area contributed by atoms with Gasteiger partial charge in [0.05, 0.1) is 24.2 Å². The molecule has 6 rings (SSSR count). The smallest absolute Gasteiger partial charge is 0.317 e. The number of fused-ring (bicyclic) bond motifs is 3. The number of hydrogen-bond acceptors (Lipinski definition) is 3. The minimum Gasteiger partial charge on any atom is -1.00 e. The van der Waals surface area contributed by atoms with E-state index in [1.807, 2.05) is 30.3 Å². The van der Waals surface area contributed by atoms with E-state index in [1.165, 1.54) is 12.1 Å². The highest BCUT2D eigenvalue weighted by atomic mass is 79.9. The topological polar surface area (TPSA) is 55.4 Å².